The lowest BCUT2D eigenvalue weighted by Crippen LogP contribution is -2.28. The van der Waals surface area contributed by atoms with Gasteiger partial charge in [0.25, 0.3) is 5.91 Å². The second-order valence-electron chi connectivity index (χ2n) is 6.42. The van der Waals surface area contributed by atoms with Gasteiger partial charge in [0.2, 0.25) is 0 Å². The Hall–Kier alpha value is -3.29. The first-order chi connectivity index (χ1) is 13.8. The van der Waals surface area contributed by atoms with Crippen LogP contribution in [0.15, 0.2) is 60.8 Å². The molecular weight excluding hydrogens is 383 g/mol. The fourth-order valence-electron chi connectivity index (χ4n) is 3.08. The molecule has 0 N–H and O–H groups in total. The van der Waals surface area contributed by atoms with Crippen LogP contribution in [0.2, 0.25) is 0 Å². The molecule has 0 aliphatic carbocycles. The summed E-state index contributed by atoms with van der Waals surface area (Å²) in [6.45, 7) is 1.88. The van der Waals surface area contributed by atoms with Gasteiger partial charge in [-0.15, -0.1) is 13.2 Å². The van der Waals surface area contributed by atoms with Crippen LogP contribution >= 0.6 is 0 Å². The summed E-state index contributed by atoms with van der Waals surface area (Å²) in [6, 6.07) is 15.2. The van der Waals surface area contributed by atoms with E-state index in [-0.39, 0.29) is 23.8 Å². The van der Waals surface area contributed by atoms with E-state index >= 15 is 0 Å². The van der Waals surface area contributed by atoms with Crippen molar-refractivity contribution in [3.63, 3.8) is 0 Å². The third-order valence-electron chi connectivity index (χ3n) is 4.39. The lowest BCUT2D eigenvalue weighted by molar-refractivity contribution is -0.275. The van der Waals surface area contributed by atoms with Crippen LogP contribution in [0.25, 0.3) is 5.69 Å². The largest absolute Gasteiger partial charge is 0.573 e. The fourth-order valence-corrected chi connectivity index (χ4v) is 3.08. The van der Waals surface area contributed by atoms with Crippen molar-refractivity contribution in [2.75, 3.05) is 7.05 Å². The van der Waals surface area contributed by atoms with Gasteiger partial charge in [-0.25, -0.2) is 4.68 Å². The Labute approximate surface area is 166 Å². The SMILES string of the molecule is CCc1c(C(=O)N(C)Cc2ccccc2OC(F)(F)F)cnn1-c1ccccc1. The van der Waals surface area contributed by atoms with Crippen molar-refractivity contribution in [1.29, 1.82) is 0 Å². The van der Waals surface area contributed by atoms with Crippen molar-refractivity contribution in [3.05, 3.63) is 77.6 Å². The fraction of sp³-hybridized carbons (Fsp3) is 0.238. The predicted molar refractivity (Wildman–Crippen MR) is 102 cm³/mol. The summed E-state index contributed by atoms with van der Waals surface area (Å²) in [6.07, 6.45) is -2.74. The molecule has 0 spiro atoms. The van der Waals surface area contributed by atoms with E-state index in [4.69, 9.17) is 0 Å². The smallest absolute Gasteiger partial charge is 0.405 e. The molecule has 0 radical (unpaired) electrons. The Bertz CT molecular complexity index is 984. The molecule has 0 aliphatic rings. The van der Waals surface area contributed by atoms with Gasteiger partial charge in [0.1, 0.15) is 5.75 Å². The van der Waals surface area contributed by atoms with Gasteiger partial charge in [0, 0.05) is 19.2 Å². The number of nitrogens with zero attached hydrogens (tertiary/aromatic N) is 3. The normalized spacial score (nSPS) is 11.3. The zero-order valence-electron chi connectivity index (χ0n) is 16.0. The number of carbonyl (C=O) groups excluding carboxylic acids is 1. The van der Waals surface area contributed by atoms with E-state index in [2.05, 4.69) is 9.84 Å². The first kappa shape index (κ1) is 20.4. The number of hydrogen-bond donors (Lipinski definition) is 0. The maximum Gasteiger partial charge on any atom is 0.573 e. The minimum absolute atomic E-state index is 0.0369. The van der Waals surface area contributed by atoms with Crippen LogP contribution in [-0.4, -0.2) is 34.0 Å². The van der Waals surface area contributed by atoms with E-state index in [0.717, 1.165) is 11.4 Å². The minimum atomic E-state index is -4.80. The highest BCUT2D eigenvalue weighted by Crippen LogP contribution is 2.27. The number of halogens is 3. The van der Waals surface area contributed by atoms with Gasteiger partial charge in [0.15, 0.2) is 0 Å². The molecule has 0 saturated heterocycles. The van der Waals surface area contributed by atoms with Crippen LogP contribution in [-0.2, 0) is 13.0 Å². The Morgan fingerprint density at radius 3 is 2.41 bits per heavy atom. The molecule has 0 unspecified atom stereocenters. The van der Waals surface area contributed by atoms with Gasteiger partial charge in [0.05, 0.1) is 23.1 Å². The molecule has 8 heteroatoms. The van der Waals surface area contributed by atoms with Gasteiger partial charge < -0.3 is 9.64 Å². The molecule has 0 bridgehead atoms. The van der Waals surface area contributed by atoms with Crippen molar-refractivity contribution in [1.82, 2.24) is 14.7 Å². The van der Waals surface area contributed by atoms with Crippen molar-refractivity contribution in [2.45, 2.75) is 26.3 Å². The highest BCUT2D eigenvalue weighted by molar-refractivity contribution is 5.95. The molecule has 0 fully saturated rings. The maximum atomic E-state index is 13.0. The number of ether oxygens (including phenoxy) is 1. The number of benzene rings is 2. The van der Waals surface area contributed by atoms with Crippen LogP contribution in [0.5, 0.6) is 5.75 Å². The van der Waals surface area contributed by atoms with Crippen LogP contribution in [0, 0.1) is 0 Å². The molecule has 2 aromatic carbocycles. The molecule has 3 aromatic rings. The second kappa shape index (κ2) is 8.38. The molecule has 1 heterocycles. The molecule has 1 amide bonds. The Morgan fingerprint density at radius 1 is 1.10 bits per heavy atom. The van der Waals surface area contributed by atoms with Crippen LogP contribution in [0.3, 0.4) is 0 Å². The van der Waals surface area contributed by atoms with E-state index in [1.54, 1.807) is 10.7 Å². The molecule has 0 saturated carbocycles. The van der Waals surface area contributed by atoms with Gasteiger partial charge in [-0.2, -0.15) is 5.10 Å². The van der Waals surface area contributed by atoms with E-state index in [1.165, 1.54) is 36.3 Å². The third kappa shape index (κ3) is 4.77. The van der Waals surface area contributed by atoms with E-state index < -0.39 is 6.36 Å². The first-order valence-electron chi connectivity index (χ1n) is 9.01. The van der Waals surface area contributed by atoms with Crippen LogP contribution < -0.4 is 4.74 Å². The minimum Gasteiger partial charge on any atom is -0.405 e. The maximum absolute atomic E-state index is 13.0. The summed E-state index contributed by atoms with van der Waals surface area (Å²) in [5.74, 6) is -0.652. The average Bonchev–Trinajstić information content (AvgIpc) is 3.12. The monoisotopic (exact) mass is 403 g/mol. The number of amides is 1. The standard InChI is InChI=1S/C21H20F3N3O2/c1-3-18-17(13-25-27(18)16-10-5-4-6-11-16)20(28)26(2)14-15-9-7-8-12-19(15)29-21(22,23)24/h4-13H,3,14H2,1-2H3. The van der Waals surface area contributed by atoms with Gasteiger partial charge in [-0.1, -0.05) is 43.3 Å². The Kier molecular flexibility index (Phi) is 5.91. The number of hydrogen-bond acceptors (Lipinski definition) is 3. The number of aromatic nitrogens is 2. The highest BCUT2D eigenvalue weighted by atomic mass is 19.4. The van der Waals surface area contributed by atoms with Gasteiger partial charge >= 0.3 is 6.36 Å². The number of rotatable bonds is 6. The van der Waals surface area contributed by atoms with Crippen molar-refractivity contribution in [3.8, 4) is 11.4 Å². The molecule has 1 aromatic heterocycles. The summed E-state index contributed by atoms with van der Waals surface area (Å²) in [7, 11) is 1.53. The van der Waals surface area contributed by atoms with E-state index in [9.17, 15) is 18.0 Å². The Morgan fingerprint density at radius 2 is 1.76 bits per heavy atom. The molecule has 5 nitrogen and oxygen atoms in total. The molecule has 0 atom stereocenters. The van der Waals surface area contributed by atoms with Gasteiger partial charge in [-0.3, -0.25) is 4.79 Å². The Balaban J connectivity index is 1.84. The average molecular weight is 403 g/mol. The van der Waals surface area contributed by atoms with E-state index in [0.29, 0.717) is 12.0 Å². The van der Waals surface area contributed by atoms with Crippen LogP contribution in [0.4, 0.5) is 13.2 Å². The molecule has 0 aliphatic heterocycles. The van der Waals surface area contributed by atoms with E-state index in [1.807, 2.05) is 37.3 Å². The highest BCUT2D eigenvalue weighted by Gasteiger charge is 2.32. The zero-order chi connectivity index (χ0) is 21.0. The number of alkyl halides is 3. The van der Waals surface area contributed by atoms with Gasteiger partial charge in [-0.05, 0) is 24.6 Å². The molecule has 152 valence electrons. The quantitative estimate of drug-likeness (QED) is 0.604. The summed E-state index contributed by atoms with van der Waals surface area (Å²) < 4.78 is 43.7. The topological polar surface area (TPSA) is 47.4 Å². The predicted octanol–water partition coefficient (Wildman–Crippen LogP) is 4.61. The molecular formula is C21H20F3N3O2. The molecule has 29 heavy (non-hydrogen) atoms. The molecule has 3 rings (SSSR count). The van der Waals surface area contributed by atoms with Crippen molar-refractivity contribution in [2.24, 2.45) is 0 Å². The summed E-state index contributed by atoms with van der Waals surface area (Å²) in [4.78, 5) is 14.3. The third-order valence-corrected chi connectivity index (χ3v) is 4.39. The lowest BCUT2D eigenvalue weighted by Gasteiger charge is -2.20. The summed E-state index contributed by atoms with van der Waals surface area (Å²) in [5.41, 5.74) is 2.23. The summed E-state index contributed by atoms with van der Waals surface area (Å²) in [5, 5.41) is 4.33. The second-order valence-corrected chi connectivity index (χ2v) is 6.42. The number of para-hydroxylation sites is 2. The number of carbonyl (C=O) groups is 1. The first-order valence-corrected chi connectivity index (χ1v) is 9.01. The zero-order valence-corrected chi connectivity index (χ0v) is 16.0. The van der Waals surface area contributed by atoms with Crippen LogP contribution in [0.1, 0.15) is 28.5 Å². The van der Waals surface area contributed by atoms with Crippen molar-refractivity contribution < 1.29 is 22.7 Å². The van der Waals surface area contributed by atoms with Crippen molar-refractivity contribution >= 4 is 5.91 Å². The summed E-state index contributed by atoms with van der Waals surface area (Å²) >= 11 is 0. The lowest BCUT2D eigenvalue weighted by atomic mass is 10.1.